The summed E-state index contributed by atoms with van der Waals surface area (Å²) >= 11 is 2.87. The molecule has 2 aromatic carbocycles. The number of carbonyl (C=O) groups is 1. The Balaban J connectivity index is 1.35. The van der Waals surface area contributed by atoms with Crippen LogP contribution >= 0.6 is 23.1 Å². The van der Waals surface area contributed by atoms with Crippen LogP contribution in [0.2, 0.25) is 0 Å². The number of nitrogens with two attached hydrogens (primary N) is 1. The van der Waals surface area contributed by atoms with E-state index in [2.05, 4.69) is 10.2 Å². The summed E-state index contributed by atoms with van der Waals surface area (Å²) in [7, 11) is 0. The van der Waals surface area contributed by atoms with Gasteiger partial charge in [0.05, 0.1) is 12.3 Å². The van der Waals surface area contributed by atoms with E-state index in [-0.39, 0.29) is 11.7 Å². The first kappa shape index (κ1) is 22.3. The predicted octanol–water partition coefficient (Wildman–Crippen LogP) is 4.13. The molecule has 0 radical (unpaired) electrons. The lowest BCUT2D eigenvalue weighted by Gasteiger charge is -2.25. The second-order valence-corrected chi connectivity index (χ2v) is 9.69. The summed E-state index contributed by atoms with van der Waals surface area (Å²) in [5.74, 6) is 8.22. The van der Waals surface area contributed by atoms with Crippen LogP contribution < -0.4 is 20.2 Å². The smallest absolute Gasteiger partial charge is 0.237 e. The van der Waals surface area contributed by atoms with E-state index in [1.165, 1.54) is 16.4 Å². The monoisotopic (exact) mass is 493 g/mol. The molecular weight excluding hydrogens is 470 g/mol. The average Bonchev–Trinajstić information content (AvgIpc) is 3.51. The highest BCUT2D eigenvalue weighted by molar-refractivity contribution is 7.99. The third kappa shape index (κ3) is 4.73. The SMILES string of the molecule is Cc1ccc(-c2nnc(SCC(=O)N(Cc3cccs3)c3ccc4c(c3)OCCO4)n2N)cc1. The summed E-state index contributed by atoms with van der Waals surface area (Å²) in [6.45, 7) is 3.49. The van der Waals surface area contributed by atoms with Crippen LogP contribution in [0.25, 0.3) is 11.4 Å². The minimum Gasteiger partial charge on any atom is -0.486 e. The Hall–Kier alpha value is -3.50. The van der Waals surface area contributed by atoms with E-state index in [4.69, 9.17) is 15.3 Å². The maximum atomic E-state index is 13.4. The molecule has 4 aromatic rings. The fourth-order valence-electron chi connectivity index (χ4n) is 3.56. The molecule has 34 heavy (non-hydrogen) atoms. The first-order chi connectivity index (χ1) is 16.6. The van der Waals surface area contributed by atoms with Gasteiger partial charge in [-0.3, -0.25) is 4.79 Å². The number of nitrogen functional groups attached to an aromatic ring is 1. The summed E-state index contributed by atoms with van der Waals surface area (Å²) < 4.78 is 12.8. The molecule has 0 bridgehead atoms. The van der Waals surface area contributed by atoms with E-state index in [1.54, 1.807) is 16.2 Å². The molecule has 0 atom stereocenters. The molecule has 2 N–H and O–H groups in total. The molecular formula is C24H23N5O3S2. The van der Waals surface area contributed by atoms with Crippen molar-refractivity contribution in [2.24, 2.45) is 0 Å². The van der Waals surface area contributed by atoms with Crippen molar-refractivity contribution in [3.8, 4) is 22.9 Å². The zero-order valence-corrected chi connectivity index (χ0v) is 20.1. The van der Waals surface area contributed by atoms with Crippen LogP contribution in [0, 0.1) is 6.92 Å². The fraction of sp³-hybridized carbons (Fsp3) is 0.208. The number of fused-ring (bicyclic) bond motifs is 1. The number of ether oxygens (including phenoxy) is 2. The van der Waals surface area contributed by atoms with Crippen LogP contribution in [0.5, 0.6) is 11.5 Å². The quantitative estimate of drug-likeness (QED) is 0.306. The zero-order valence-electron chi connectivity index (χ0n) is 18.5. The van der Waals surface area contributed by atoms with Crippen molar-refractivity contribution in [1.29, 1.82) is 0 Å². The molecule has 0 spiro atoms. The Labute approximate surface area is 205 Å². The number of aromatic nitrogens is 3. The summed E-state index contributed by atoms with van der Waals surface area (Å²) in [6.07, 6.45) is 0. The van der Waals surface area contributed by atoms with Crippen molar-refractivity contribution < 1.29 is 14.3 Å². The van der Waals surface area contributed by atoms with Gasteiger partial charge < -0.3 is 20.2 Å². The number of rotatable bonds is 7. The molecule has 0 saturated carbocycles. The summed E-state index contributed by atoms with van der Waals surface area (Å²) in [6, 6.07) is 17.5. The third-order valence-corrected chi connectivity index (χ3v) is 7.12. The normalized spacial score (nSPS) is 12.5. The molecule has 2 aromatic heterocycles. The minimum absolute atomic E-state index is 0.0741. The van der Waals surface area contributed by atoms with E-state index in [9.17, 15) is 4.79 Å². The van der Waals surface area contributed by atoms with Gasteiger partial charge in [-0.05, 0) is 30.5 Å². The lowest BCUT2D eigenvalue weighted by molar-refractivity contribution is -0.116. The standard InChI is InChI=1S/C24H23N5O3S2/c1-16-4-6-17(7-5-16)23-26-27-24(29(23)25)34-15-22(30)28(14-19-3-2-12-33-19)18-8-9-20-21(13-18)32-11-10-31-20/h2-9,12-13H,10-11,14-15,25H2,1H3. The molecule has 0 aliphatic carbocycles. The number of nitrogens with zero attached hydrogens (tertiary/aromatic N) is 4. The van der Waals surface area contributed by atoms with E-state index in [1.807, 2.05) is 66.9 Å². The van der Waals surface area contributed by atoms with Gasteiger partial charge in [0, 0.05) is 22.2 Å². The van der Waals surface area contributed by atoms with E-state index < -0.39 is 0 Å². The number of amides is 1. The first-order valence-electron chi connectivity index (χ1n) is 10.7. The second kappa shape index (κ2) is 9.78. The van der Waals surface area contributed by atoms with Gasteiger partial charge in [0.25, 0.3) is 0 Å². The molecule has 0 unspecified atom stereocenters. The molecule has 174 valence electrons. The van der Waals surface area contributed by atoms with Crippen molar-refractivity contribution in [3.05, 3.63) is 70.4 Å². The second-order valence-electron chi connectivity index (χ2n) is 7.72. The van der Waals surface area contributed by atoms with Gasteiger partial charge in [0.1, 0.15) is 13.2 Å². The van der Waals surface area contributed by atoms with Crippen LogP contribution in [-0.4, -0.2) is 39.7 Å². The molecule has 1 aliphatic heterocycles. The maximum Gasteiger partial charge on any atom is 0.237 e. The van der Waals surface area contributed by atoms with Gasteiger partial charge in [0.2, 0.25) is 11.1 Å². The highest BCUT2D eigenvalue weighted by Gasteiger charge is 2.22. The lowest BCUT2D eigenvalue weighted by atomic mass is 10.1. The van der Waals surface area contributed by atoms with Crippen LogP contribution in [0.1, 0.15) is 10.4 Å². The predicted molar refractivity (Wildman–Crippen MR) is 134 cm³/mol. The molecule has 0 fully saturated rings. The highest BCUT2D eigenvalue weighted by Crippen LogP contribution is 2.35. The number of anilines is 1. The van der Waals surface area contributed by atoms with Gasteiger partial charge in [-0.25, -0.2) is 4.68 Å². The third-order valence-electron chi connectivity index (χ3n) is 5.33. The molecule has 0 saturated heterocycles. The molecule has 5 rings (SSSR count). The van der Waals surface area contributed by atoms with Gasteiger partial charge in [-0.1, -0.05) is 47.7 Å². The van der Waals surface area contributed by atoms with Crippen molar-refractivity contribution in [2.75, 3.05) is 29.7 Å². The van der Waals surface area contributed by atoms with Crippen LogP contribution in [0.4, 0.5) is 5.69 Å². The molecule has 10 heteroatoms. The van der Waals surface area contributed by atoms with E-state index >= 15 is 0 Å². The average molecular weight is 494 g/mol. The van der Waals surface area contributed by atoms with Crippen LogP contribution in [0.15, 0.2) is 65.1 Å². The van der Waals surface area contributed by atoms with E-state index in [0.717, 1.165) is 21.7 Å². The number of hydrogen-bond acceptors (Lipinski definition) is 8. The molecule has 1 amide bonds. The van der Waals surface area contributed by atoms with E-state index in [0.29, 0.717) is 42.2 Å². The minimum atomic E-state index is -0.0741. The topological polar surface area (TPSA) is 95.5 Å². The van der Waals surface area contributed by atoms with Gasteiger partial charge in [0.15, 0.2) is 17.3 Å². The summed E-state index contributed by atoms with van der Waals surface area (Å²) in [4.78, 5) is 16.2. The van der Waals surface area contributed by atoms with Crippen molar-refractivity contribution >= 4 is 34.7 Å². The summed E-state index contributed by atoms with van der Waals surface area (Å²) in [5.41, 5.74) is 2.77. The Morgan fingerprint density at radius 1 is 1.12 bits per heavy atom. The molecule has 3 heterocycles. The van der Waals surface area contributed by atoms with Gasteiger partial charge in [-0.2, -0.15) is 0 Å². The number of thiophene rings is 1. The fourth-order valence-corrected chi connectivity index (χ4v) is 4.99. The number of hydrogen-bond donors (Lipinski definition) is 1. The van der Waals surface area contributed by atoms with Crippen LogP contribution in [-0.2, 0) is 11.3 Å². The lowest BCUT2D eigenvalue weighted by Crippen LogP contribution is -2.32. The Kier molecular flexibility index (Phi) is 6.41. The highest BCUT2D eigenvalue weighted by atomic mass is 32.2. The van der Waals surface area contributed by atoms with Gasteiger partial charge in [-0.15, -0.1) is 21.5 Å². The Morgan fingerprint density at radius 2 is 1.91 bits per heavy atom. The van der Waals surface area contributed by atoms with Crippen LogP contribution in [0.3, 0.4) is 0 Å². The van der Waals surface area contributed by atoms with Crippen molar-refractivity contribution in [3.63, 3.8) is 0 Å². The largest absolute Gasteiger partial charge is 0.486 e. The maximum absolute atomic E-state index is 13.4. The Morgan fingerprint density at radius 3 is 2.68 bits per heavy atom. The Bertz CT molecular complexity index is 1290. The molecule has 1 aliphatic rings. The van der Waals surface area contributed by atoms with Gasteiger partial charge >= 0.3 is 0 Å². The number of benzene rings is 2. The van der Waals surface area contributed by atoms with Crippen molar-refractivity contribution in [2.45, 2.75) is 18.6 Å². The first-order valence-corrected chi connectivity index (χ1v) is 12.6. The summed E-state index contributed by atoms with van der Waals surface area (Å²) in [5, 5.41) is 10.9. The molecule has 8 nitrogen and oxygen atoms in total. The number of aryl methyl sites for hydroxylation is 1. The number of carbonyl (C=O) groups excluding carboxylic acids is 1. The zero-order chi connectivity index (χ0) is 23.5. The van der Waals surface area contributed by atoms with Crippen molar-refractivity contribution in [1.82, 2.24) is 14.9 Å². The number of thioether (sulfide) groups is 1.